The molecule has 2 fully saturated rings. The Bertz CT molecular complexity index is 454. The second-order valence-electron chi connectivity index (χ2n) is 5.73. The number of phenols is 1. The van der Waals surface area contributed by atoms with Gasteiger partial charge in [0, 0.05) is 32.2 Å². The van der Waals surface area contributed by atoms with E-state index in [0.29, 0.717) is 18.4 Å². The summed E-state index contributed by atoms with van der Waals surface area (Å²) in [5, 5.41) is 13.3. The highest BCUT2D eigenvalue weighted by molar-refractivity contribution is 5.43. The standard InChI is InChI=1S/C16H24N2O2/c1-2-20-15-11-13(5-6-14(15)19)16(12-3-4-12)18-9-7-17-8-10-18/h5-6,11-12,16-17,19H,2-4,7-10H2,1H3/t16-/m1/s1. The highest BCUT2D eigenvalue weighted by Crippen LogP contribution is 2.46. The van der Waals surface area contributed by atoms with Crippen molar-refractivity contribution in [1.29, 1.82) is 0 Å². The molecule has 4 heteroatoms. The van der Waals surface area contributed by atoms with Gasteiger partial charge >= 0.3 is 0 Å². The van der Waals surface area contributed by atoms with Gasteiger partial charge in [-0.25, -0.2) is 0 Å². The van der Waals surface area contributed by atoms with Gasteiger partial charge in [0.05, 0.1) is 6.61 Å². The number of nitrogens with zero attached hydrogens (tertiary/aromatic N) is 1. The lowest BCUT2D eigenvalue weighted by atomic mass is 9.99. The first-order valence-electron chi connectivity index (χ1n) is 7.70. The van der Waals surface area contributed by atoms with Crippen molar-refractivity contribution >= 4 is 0 Å². The Labute approximate surface area is 120 Å². The number of hydrogen-bond donors (Lipinski definition) is 2. The molecule has 20 heavy (non-hydrogen) atoms. The zero-order valence-electron chi connectivity index (χ0n) is 12.1. The minimum atomic E-state index is 0.241. The van der Waals surface area contributed by atoms with Crippen molar-refractivity contribution in [3.63, 3.8) is 0 Å². The van der Waals surface area contributed by atoms with Crippen molar-refractivity contribution < 1.29 is 9.84 Å². The molecule has 0 aromatic heterocycles. The van der Waals surface area contributed by atoms with Crippen LogP contribution in [0.25, 0.3) is 0 Å². The van der Waals surface area contributed by atoms with Crippen LogP contribution in [0.2, 0.25) is 0 Å². The molecular formula is C16H24N2O2. The van der Waals surface area contributed by atoms with Gasteiger partial charge in [-0.2, -0.15) is 0 Å². The van der Waals surface area contributed by atoms with Crippen molar-refractivity contribution in [2.75, 3.05) is 32.8 Å². The fraction of sp³-hybridized carbons (Fsp3) is 0.625. The highest BCUT2D eigenvalue weighted by atomic mass is 16.5. The lowest BCUT2D eigenvalue weighted by molar-refractivity contribution is 0.156. The molecule has 1 aromatic carbocycles. The van der Waals surface area contributed by atoms with Crippen LogP contribution in [-0.2, 0) is 0 Å². The maximum Gasteiger partial charge on any atom is 0.161 e. The van der Waals surface area contributed by atoms with Crippen LogP contribution in [0, 0.1) is 5.92 Å². The average molecular weight is 276 g/mol. The summed E-state index contributed by atoms with van der Waals surface area (Å²) < 4.78 is 5.53. The molecule has 0 radical (unpaired) electrons. The van der Waals surface area contributed by atoms with E-state index in [9.17, 15) is 5.11 Å². The van der Waals surface area contributed by atoms with E-state index < -0.39 is 0 Å². The van der Waals surface area contributed by atoms with E-state index in [1.54, 1.807) is 6.07 Å². The number of hydrogen-bond acceptors (Lipinski definition) is 4. The van der Waals surface area contributed by atoms with Crippen LogP contribution >= 0.6 is 0 Å². The maximum atomic E-state index is 9.86. The first-order chi connectivity index (χ1) is 9.79. The Balaban J connectivity index is 1.85. The predicted molar refractivity (Wildman–Crippen MR) is 79.2 cm³/mol. The first kappa shape index (κ1) is 13.7. The minimum absolute atomic E-state index is 0.241. The van der Waals surface area contributed by atoms with E-state index >= 15 is 0 Å². The number of nitrogens with one attached hydrogen (secondary N) is 1. The normalized spacial score (nSPS) is 21.6. The lowest BCUT2D eigenvalue weighted by Crippen LogP contribution is -2.45. The second kappa shape index (κ2) is 6.02. The van der Waals surface area contributed by atoms with Crippen LogP contribution in [-0.4, -0.2) is 42.8 Å². The van der Waals surface area contributed by atoms with Crippen molar-refractivity contribution in [2.45, 2.75) is 25.8 Å². The molecule has 0 bridgehead atoms. The van der Waals surface area contributed by atoms with Crippen LogP contribution in [0.1, 0.15) is 31.4 Å². The van der Waals surface area contributed by atoms with E-state index in [0.717, 1.165) is 32.1 Å². The Hall–Kier alpha value is -1.26. The van der Waals surface area contributed by atoms with E-state index in [1.165, 1.54) is 18.4 Å². The fourth-order valence-electron chi connectivity index (χ4n) is 3.14. The highest BCUT2D eigenvalue weighted by Gasteiger charge is 2.37. The quantitative estimate of drug-likeness (QED) is 0.865. The zero-order chi connectivity index (χ0) is 13.9. The topological polar surface area (TPSA) is 44.7 Å². The Morgan fingerprint density at radius 2 is 2.10 bits per heavy atom. The predicted octanol–water partition coefficient (Wildman–Crippen LogP) is 2.15. The molecule has 1 saturated heterocycles. The number of rotatable bonds is 5. The molecule has 1 aromatic rings. The summed E-state index contributed by atoms with van der Waals surface area (Å²) in [6.07, 6.45) is 2.64. The molecule has 1 aliphatic carbocycles. The minimum Gasteiger partial charge on any atom is -0.504 e. The van der Waals surface area contributed by atoms with Gasteiger partial charge in [0.15, 0.2) is 11.5 Å². The van der Waals surface area contributed by atoms with Gasteiger partial charge in [-0.05, 0) is 43.4 Å². The van der Waals surface area contributed by atoms with Crippen LogP contribution < -0.4 is 10.1 Å². The van der Waals surface area contributed by atoms with Gasteiger partial charge in [0.25, 0.3) is 0 Å². The molecule has 2 aliphatic rings. The number of phenolic OH excluding ortho intramolecular Hbond substituents is 1. The molecule has 0 spiro atoms. The third-order valence-corrected chi connectivity index (χ3v) is 4.24. The monoisotopic (exact) mass is 276 g/mol. The summed E-state index contributed by atoms with van der Waals surface area (Å²) in [7, 11) is 0. The number of ether oxygens (including phenoxy) is 1. The number of piperazine rings is 1. The average Bonchev–Trinajstić information content (AvgIpc) is 3.29. The summed E-state index contributed by atoms with van der Waals surface area (Å²) in [6.45, 7) is 6.87. The lowest BCUT2D eigenvalue weighted by Gasteiger charge is -2.35. The third kappa shape index (κ3) is 2.91. The Kier molecular flexibility index (Phi) is 4.13. The second-order valence-corrected chi connectivity index (χ2v) is 5.73. The van der Waals surface area contributed by atoms with Crippen molar-refractivity contribution in [2.24, 2.45) is 5.92 Å². The molecule has 1 aliphatic heterocycles. The summed E-state index contributed by atoms with van der Waals surface area (Å²) in [5.74, 6) is 1.63. The molecular weight excluding hydrogens is 252 g/mol. The molecule has 1 saturated carbocycles. The summed E-state index contributed by atoms with van der Waals surface area (Å²) in [6, 6.07) is 6.35. The zero-order valence-corrected chi connectivity index (χ0v) is 12.1. The van der Waals surface area contributed by atoms with E-state index in [4.69, 9.17) is 4.74 Å². The first-order valence-corrected chi connectivity index (χ1v) is 7.70. The largest absolute Gasteiger partial charge is 0.504 e. The molecule has 3 rings (SSSR count). The van der Waals surface area contributed by atoms with Crippen LogP contribution in [0.3, 0.4) is 0 Å². The van der Waals surface area contributed by atoms with Gasteiger partial charge in [-0.3, -0.25) is 4.90 Å². The van der Waals surface area contributed by atoms with E-state index in [-0.39, 0.29) is 5.75 Å². The van der Waals surface area contributed by atoms with Crippen LogP contribution in [0.5, 0.6) is 11.5 Å². The molecule has 1 atom stereocenters. The molecule has 110 valence electrons. The molecule has 1 heterocycles. The van der Waals surface area contributed by atoms with Crippen molar-refractivity contribution in [3.05, 3.63) is 23.8 Å². The maximum absolute atomic E-state index is 9.86. The summed E-state index contributed by atoms with van der Waals surface area (Å²) in [4.78, 5) is 2.58. The molecule has 2 N–H and O–H groups in total. The van der Waals surface area contributed by atoms with Gasteiger partial charge in [-0.15, -0.1) is 0 Å². The SMILES string of the molecule is CCOc1cc([C@@H](C2CC2)N2CCNCC2)ccc1O. The smallest absolute Gasteiger partial charge is 0.161 e. The molecule has 0 amide bonds. The summed E-state index contributed by atoms with van der Waals surface area (Å²) >= 11 is 0. The van der Waals surface area contributed by atoms with Gasteiger partial charge in [0.2, 0.25) is 0 Å². The third-order valence-electron chi connectivity index (χ3n) is 4.24. The molecule has 0 unspecified atom stereocenters. The number of benzene rings is 1. The van der Waals surface area contributed by atoms with Gasteiger partial charge in [0.1, 0.15) is 0 Å². The fourth-order valence-corrected chi connectivity index (χ4v) is 3.14. The van der Waals surface area contributed by atoms with Crippen LogP contribution in [0.4, 0.5) is 0 Å². The summed E-state index contributed by atoms with van der Waals surface area (Å²) in [5.41, 5.74) is 1.29. The number of aromatic hydroxyl groups is 1. The Morgan fingerprint density at radius 3 is 2.75 bits per heavy atom. The van der Waals surface area contributed by atoms with Crippen molar-refractivity contribution in [1.82, 2.24) is 10.2 Å². The Morgan fingerprint density at radius 1 is 1.35 bits per heavy atom. The van der Waals surface area contributed by atoms with E-state index in [1.807, 2.05) is 13.0 Å². The van der Waals surface area contributed by atoms with Crippen molar-refractivity contribution in [3.8, 4) is 11.5 Å². The van der Waals surface area contributed by atoms with Crippen LogP contribution in [0.15, 0.2) is 18.2 Å². The van der Waals surface area contributed by atoms with Gasteiger partial charge < -0.3 is 15.2 Å². The molecule has 4 nitrogen and oxygen atoms in total. The van der Waals surface area contributed by atoms with Gasteiger partial charge in [-0.1, -0.05) is 6.07 Å². The van der Waals surface area contributed by atoms with E-state index in [2.05, 4.69) is 16.3 Å².